The Morgan fingerprint density at radius 2 is 2.14 bits per heavy atom. The normalized spacial score (nSPS) is 10.5. The predicted octanol–water partition coefficient (Wildman–Crippen LogP) is 4.34. The Bertz CT molecular complexity index is 453. The molecule has 0 aliphatic rings. The van der Waals surface area contributed by atoms with E-state index in [1.807, 2.05) is 22.6 Å². The lowest BCUT2D eigenvalue weighted by Crippen LogP contribution is -1.84. The molecule has 4 heteroatoms. The van der Waals surface area contributed by atoms with E-state index < -0.39 is 0 Å². The van der Waals surface area contributed by atoms with Crippen LogP contribution >= 0.6 is 34.2 Å². The summed E-state index contributed by atoms with van der Waals surface area (Å²) in [5.41, 5.74) is 0.711. The Labute approximate surface area is 99.0 Å². The molecule has 0 unspecified atom stereocenters. The maximum Gasteiger partial charge on any atom is 0.138 e. The fourth-order valence-electron chi connectivity index (χ4n) is 1.14. The van der Waals surface area contributed by atoms with Crippen LogP contribution in [0.2, 0.25) is 5.02 Å². The van der Waals surface area contributed by atoms with Crippen LogP contribution in [0.1, 0.15) is 0 Å². The molecule has 0 radical (unpaired) electrons. The maximum atomic E-state index is 13.1. The van der Waals surface area contributed by atoms with Crippen LogP contribution in [0.15, 0.2) is 34.9 Å². The molecule has 0 atom stereocenters. The lowest BCUT2D eigenvalue weighted by Gasteiger charge is -2.02. The number of halogens is 3. The van der Waals surface area contributed by atoms with Crippen molar-refractivity contribution in [3.05, 3.63) is 44.9 Å². The van der Waals surface area contributed by atoms with Crippen molar-refractivity contribution in [1.82, 2.24) is 0 Å². The summed E-state index contributed by atoms with van der Waals surface area (Å²) in [6, 6.07) is 6.51. The van der Waals surface area contributed by atoms with Crippen LogP contribution in [0.3, 0.4) is 0 Å². The van der Waals surface area contributed by atoms with E-state index in [2.05, 4.69) is 0 Å². The van der Waals surface area contributed by atoms with Gasteiger partial charge in [0.25, 0.3) is 0 Å². The highest BCUT2D eigenvalue weighted by Crippen LogP contribution is 2.31. The molecular weight excluding hydrogens is 317 g/mol. The van der Waals surface area contributed by atoms with E-state index in [1.54, 1.807) is 24.5 Å². The van der Waals surface area contributed by atoms with E-state index in [-0.39, 0.29) is 5.82 Å². The molecule has 0 aliphatic heterocycles. The fourth-order valence-corrected chi connectivity index (χ4v) is 1.85. The van der Waals surface area contributed by atoms with Crippen LogP contribution in [0, 0.1) is 9.39 Å². The Hall–Kier alpha value is -0.550. The summed E-state index contributed by atoms with van der Waals surface area (Å²) in [6.45, 7) is 0. The minimum absolute atomic E-state index is 0.314. The average Bonchev–Trinajstić information content (AvgIpc) is 2.64. The molecule has 1 aromatic carbocycles. The molecule has 2 rings (SSSR count). The van der Waals surface area contributed by atoms with Crippen LogP contribution in [0.5, 0.6) is 0 Å². The van der Waals surface area contributed by atoms with Gasteiger partial charge in [0.05, 0.1) is 11.3 Å². The molecule has 0 saturated carbocycles. The number of hydrogen-bond donors (Lipinski definition) is 0. The molecule has 0 N–H and O–H groups in total. The molecule has 1 heterocycles. The first-order chi connectivity index (χ1) is 6.68. The van der Waals surface area contributed by atoms with Crippen molar-refractivity contribution in [2.24, 2.45) is 0 Å². The third kappa shape index (κ3) is 1.79. The summed E-state index contributed by atoms with van der Waals surface area (Å²) in [4.78, 5) is 0. The van der Waals surface area contributed by atoms with Gasteiger partial charge in [0.1, 0.15) is 11.6 Å². The number of rotatable bonds is 1. The quantitative estimate of drug-likeness (QED) is 0.562. The van der Waals surface area contributed by atoms with Crippen molar-refractivity contribution in [3.63, 3.8) is 0 Å². The van der Waals surface area contributed by atoms with E-state index in [4.69, 9.17) is 16.0 Å². The van der Waals surface area contributed by atoms with E-state index in [9.17, 15) is 4.39 Å². The van der Waals surface area contributed by atoms with Gasteiger partial charge in [-0.25, -0.2) is 4.39 Å². The fraction of sp³-hybridized carbons (Fsp3) is 0. The van der Waals surface area contributed by atoms with Gasteiger partial charge in [0.15, 0.2) is 0 Å². The summed E-state index contributed by atoms with van der Waals surface area (Å²) < 4.78 is 18.8. The molecule has 2 aromatic rings. The summed E-state index contributed by atoms with van der Waals surface area (Å²) in [5.74, 6) is 0.332. The third-order valence-electron chi connectivity index (χ3n) is 1.80. The third-order valence-corrected chi connectivity index (χ3v) is 2.94. The second kappa shape index (κ2) is 3.90. The topological polar surface area (TPSA) is 13.1 Å². The second-order valence-corrected chi connectivity index (χ2v) is 4.29. The van der Waals surface area contributed by atoms with Gasteiger partial charge in [-0.05, 0) is 46.9 Å². The van der Waals surface area contributed by atoms with Gasteiger partial charge < -0.3 is 4.42 Å². The van der Waals surface area contributed by atoms with Gasteiger partial charge >= 0.3 is 0 Å². The Morgan fingerprint density at radius 1 is 1.36 bits per heavy atom. The standard InChI is InChI=1S/C10H5ClFIO/c11-7-5-8(12)9(13)4-6(7)10-2-1-3-14-10/h1-5H. The highest BCUT2D eigenvalue weighted by Gasteiger charge is 2.10. The smallest absolute Gasteiger partial charge is 0.138 e. The zero-order chi connectivity index (χ0) is 10.1. The van der Waals surface area contributed by atoms with Gasteiger partial charge in [0.2, 0.25) is 0 Å². The number of furan rings is 1. The van der Waals surface area contributed by atoms with Gasteiger partial charge in [-0.3, -0.25) is 0 Å². The lowest BCUT2D eigenvalue weighted by atomic mass is 10.2. The molecule has 1 nitrogen and oxygen atoms in total. The molecule has 14 heavy (non-hydrogen) atoms. The van der Waals surface area contributed by atoms with Gasteiger partial charge in [-0.1, -0.05) is 11.6 Å². The molecular formula is C10H5ClFIO. The molecule has 1 aromatic heterocycles. The molecule has 0 bridgehead atoms. The summed E-state index contributed by atoms with van der Waals surface area (Å²) in [7, 11) is 0. The number of hydrogen-bond acceptors (Lipinski definition) is 1. The van der Waals surface area contributed by atoms with E-state index in [1.165, 1.54) is 6.07 Å². The monoisotopic (exact) mass is 322 g/mol. The zero-order valence-electron chi connectivity index (χ0n) is 6.93. The SMILES string of the molecule is Fc1cc(Cl)c(-c2ccco2)cc1I. The summed E-state index contributed by atoms with van der Waals surface area (Å²) in [5, 5.41) is 0.359. The first-order valence-electron chi connectivity index (χ1n) is 3.87. The van der Waals surface area contributed by atoms with Crippen LogP contribution < -0.4 is 0 Å². The van der Waals surface area contributed by atoms with Gasteiger partial charge in [-0.2, -0.15) is 0 Å². The highest BCUT2D eigenvalue weighted by atomic mass is 127. The minimum atomic E-state index is -0.314. The molecule has 0 spiro atoms. The van der Waals surface area contributed by atoms with Gasteiger partial charge in [-0.15, -0.1) is 0 Å². The van der Waals surface area contributed by atoms with Crippen molar-refractivity contribution < 1.29 is 8.81 Å². The van der Waals surface area contributed by atoms with Crippen molar-refractivity contribution in [3.8, 4) is 11.3 Å². The molecule has 0 aliphatic carbocycles. The Kier molecular flexibility index (Phi) is 2.78. The first kappa shape index (κ1) is 9.98. The largest absolute Gasteiger partial charge is 0.464 e. The molecule has 72 valence electrons. The second-order valence-electron chi connectivity index (χ2n) is 2.72. The molecule has 0 fully saturated rings. The van der Waals surface area contributed by atoms with Crippen LogP contribution in [0.25, 0.3) is 11.3 Å². The summed E-state index contributed by atoms with van der Waals surface area (Å²) in [6.07, 6.45) is 1.56. The van der Waals surface area contributed by atoms with E-state index in [0.717, 1.165) is 0 Å². The van der Waals surface area contributed by atoms with Crippen molar-refractivity contribution in [1.29, 1.82) is 0 Å². The molecule has 0 amide bonds. The first-order valence-corrected chi connectivity index (χ1v) is 5.32. The van der Waals surface area contributed by atoms with E-state index >= 15 is 0 Å². The zero-order valence-corrected chi connectivity index (χ0v) is 9.84. The Morgan fingerprint density at radius 3 is 2.79 bits per heavy atom. The molecule has 0 saturated heterocycles. The van der Waals surface area contributed by atoms with Crippen LogP contribution in [-0.4, -0.2) is 0 Å². The maximum absolute atomic E-state index is 13.1. The van der Waals surface area contributed by atoms with E-state index in [0.29, 0.717) is 19.9 Å². The average molecular weight is 323 g/mol. The van der Waals surface area contributed by atoms with Crippen LogP contribution in [0.4, 0.5) is 4.39 Å². The predicted molar refractivity (Wildman–Crippen MR) is 61.8 cm³/mol. The van der Waals surface area contributed by atoms with Crippen molar-refractivity contribution >= 4 is 34.2 Å². The highest BCUT2D eigenvalue weighted by molar-refractivity contribution is 14.1. The van der Waals surface area contributed by atoms with Crippen molar-refractivity contribution in [2.75, 3.05) is 0 Å². The minimum Gasteiger partial charge on any atom is -0.464 e. The van der Waals surface area contributed by atoms with Gasteiger partial charge in [0, 0.05) is 9.13 Å². The number of benzene rings is 1. The summed E-state index contributed by atoms with van der Waals surface area (Å²) >= 11 is 7.81. The van der Waals surface area contributed by atoms with Crippen molar-refractivity contribution in [2.45, 2.75) is 0 Å². The van der Waals surface area contributed by atoms with Crippen LogP contribution in [-0.2, 0) is 0 Å². The lowest BCUT2D eigenvalue weighted by molar-refractivity contribution is 0.581. The Balaban J connectivity index is 2.60.